The number of hydrogen-bond acceptors (Lipinski definition) is 5. The normalized spacial score (nSPS) is 17.8. The molecule has 0 spiro atoms. The third-order valence-electron chi connectivity index (χ3n) is 4.11. The van der Waals surface area contributed by atoms with Crippen molar-refractivity contribution in [3.05, 3.63) is 42.0 Å². The molecule has 6 heteroatoms. The Hall–Kier alpha value is -2.50. The summed E-state index contributed by atoms with van der Waals surface area (Å²) in [6.45, 7) is 5.10. The largest absolute Gasteiger partial charge is 0.342 e. The molecule has 1 aliphatic rings. The summed E-state index contributed by atoms with van der Waals surface area (Å²) in [5.74, 6) is 1.80. The van der Waals surface area contributed by atoms with Gasteiger partial charge in [0.2, 0.25) is 5.91 Å². The van der Waals surface area contributed by atoms with E-state index in [0.717, 1.165) is 42.4 Å². The predicted octanol–water partition coefficient (Wildman–Crippen LogP) is 2.65. The van der Waals surface area contributed by atoms with Gasteiger partial charge in [-0.05, 0) is 31.9 Å². The van der Waals surface area contributed by atoms with Gasteiger partial charge < -0.3 is 10.2 Å². The molecule has 3 heterocycles. The molecule has 0 bridgehead atoms. The SMILES string of the molecule is CC(=O)N1CCCC(c2nccnc2Nc2cccc(C)n2)C1. The third kappa shape index (κ3) is 3.64. The molecule has 2 aromatic heterocycles. The molecular weight excluding hydrogens is 290 g/mol. The zero-order valence-electron chi connectivity index (χ0n) is 13.5. The van der Waals surface area contributed by atoms with E-state index in [1.807, 2.05) is 30.0 Å². The van der Waals surface area contributed by atoms with Gasteiger partial charge in [0.05, 0.1) is 5.69 Å². The number of hydrogen-bond donors (Lipinski definition) is 1. The van der Waals surface area contributed by atoms with Gasteiger partial charge in [0.15, 0.2) is 5.82 Å². The highest BCUT2D eigenvalue weighted by atomic mass is 16.2. The summed E-state index contributed by atoms with van der Waals surface area (Å²) in [5, 5.41) is 3.27. The Bertz CT molecular complexity index is 703. The Morgan fingerprint density at radius 3 is 2.91 bits per heavy atom. The maximum Gasteiger partial charge on any atom is 0.219 e. The van der Waals surface area contributed by atoms with E-state index in [1.54, 1.807) is 19.3 Å². The fourth-order valence-corrected chi connectivity index (χ4v) is 2.96. The molecule has 0 saturated carbocycles. The molecule has 1 unspecified atom stereocenters. The van der Waals surface area contributed by atoms with Crippen LogP contribution in [0.25, 0.3) is 0 Å². The Labute approximate surface area is 136 Å². The summed E-state index contributed by atoms with van der Waals surface area (Å²) < 4.78 is 0. The molecule has 1 amide bonds. The molecule has 3 rings (SSSR count). The van der Waals surface area contributed by atoms with E-state index in [0.29, 0.717) is 6.54 Å². The molecule has 23 heavy (non-hydrogen) atoms. The van der Waals surface area contributed by atoms with Gasteiger partial charge in [-0.1, -0.05) is 6.07 Å². The molecular formula is C17H21N5O. The zero-order valence-corrected chi connectivity index (χ0v) is 13.5. The number of pyridine rings is 1. The molecule has 1 fully saturated rings. The van der Waals surface area contributed by atoms with Crippen LogP contribution in [0.1, 0.15) is 37.1 Å². The van der Waals surface area contributed by atoms with Crippen molar-refractivity contribution in [1.29, 1.82) is 0 Å². The van der Waals surface area contributed by atoms with Crippen LogP contribution in [0.4, 0.5) is 11.6 Å². The number of nitrogens with zero attached hydrogens (tertiary/aromatic N) is 4. The number of anilines is 2. The average molecular weight is 311 g/mol. The molecule has 1 N–H and O–H groups in total. The molecule has 6 nitrogen and oxygen atoms in total. The number of rotatable bonds is 3. The number of piperidine rings is 1. The van der Waals surface area contributed by atoms with Crippen LogP contribution in [-0.2, 0) is 4.79 Å². The Balaban J connectivity index is 1.84. The van der Waals surface area contributed by atoms with Crippen LogP contribution in [0.2, 0.25) is 0 Å². The first-order valence-electron chi connectivity index (χ1n) is 7.90. The second kappa shape index (κ2) is 6.73. The first-order chi connectivity index (χ1) is 11.1. The van der Waals surface area contributed by atoms with E-state index in [9.17, 15) is 4.79 Å². The van der Waals surface area contributed by atoms with Gasteiger partial charge in [0.25, 0.3) is 0 Å². The topological polar surface area (TPSA) is 71.0 Å². The van der Waals surface area contributed by atoms with E-state index in [-0.39, 0.29) is 11.8 Å². The van der Waals surface area contributed by atoms with Crippen molar-refractivity contribution >= 4 is 17.5 Å². The molecule has 0 aromatic carbocycles. The highest BCUT2D eigenvalue weighted by Crippen LogP contribution is 2.30. The maximum absolute atomic E-state index is 11.7. The molecule has 120 valence electrons. The highest BCUT2D eigenvalue weighted by Gasteiger charge is 2.26. The van der Waals surface area contributed by atoms with E-state index in [1.165, 1.54) is 0 Å². The third-order valence-corrected chi connectivity index (χ3v) is 4.11. The number of amides is 1. The minimum absolute atomic E-state index is 0.119. The number of carbonyl (C=O) groups excluding carboxylic acids is 1. The number of carbonyl (C=O) groups is 1. The van der Waals surface area contributed by atoms with Crippen LogP contribution < -0.4 is 5.32 Å². The lowest BCUT2D eigenvalue weighted by molar-refractivity contribution is -0.130. The quantitative estimate of drug-likeness (QED) is 0.943. The molecule has 0 aliphatic carbocycles. The van der Waals surface area contributed by atoms with Crippen LogP contribution in [0.15, 0.2) is 30.6 Å². The standard InChI is InChI=1S/C17H21N5O/c1-12-5-3-7-15(20-12)21-17-16(18-8-9-19-17)14-6-4-10-22(11-14)13(2)23/h3,5,7-9,14H,4,6,10-11H2,1-2H3,(H,19,20,21). The van der Waals surface area contributed by atoms with Crippen LogP contribution >= 0.6 is 0 Å². The number of likely N-dealkylation sites (tertiary alicyclic amines) is 1. The van der Waals surface area contributed by atoms with Crippen molar-refractivity contribution < 1.29 is 4.79 Å². The lowest BCUT2D eigenvalue weighted by Crippen LogP contribution is -2.38. The van der Waals surface area contributed by atoms with Crippen molar-refractivity contribution in [1.82, 2.24) is 19.9 Å². The molecule has 0 radical (unpaired) electrons. The Morgan fingerprint density at radius 2 is 2.13 bits per heavy atom. The molecule has 2 aromatic rings. The van der Waals surface area contributed by atoms with E-state index < -0.39 is 0 Å². The summed E-state index contributed by atoms with van der Waals surface area (Å²) >= 11 is 0. The molecule has 1 saturated heterocycles. The van der Waals surface area contributed by atoms with E-state index >= 15 is 0 Å². The smallest absolute Gasteiger partial charge is 0.219 e. The van der Waals surface area contributed by atoms with Gasteiger partial charge in [-0.15, -0.1) is 0 Å². The van der Waals surface area contributed by atoms with Crippen molar-refractivity contribution in [2.24, 2.45) is 0 Å². The Morgan fingerprint density at radius 1 is 1.30 bits per heavy atom. The predicted molar refractivity (Wildman–Crippen MR) is 88.5 cm³/mol. The van der Waals surface area contributed by atoms with Gasteiger partial charge >= 0.3 is 0 Å². The van der Waals surface area contributed by atoms with Crippen LogP contribution in [0, 0.1) is 6.92 Å². The number of nitrogens with one attached hydrogen (secondary N) is 1. The zero-order chi connectivity index (χ0) is 16.2. The highest BCUT2D eigenvalue weighted by molar-refractivity contribution is 5.73. The van der Waals surface area contributed by atoms with Crippen LogP contribution in [0.5, 0.6) is 0 Å². The lowest BCUT2D eigenvalue weighted by Gasteiger charge is -2.32. The first kappa shape index (κ1) is 15.4. The number of aromatic nitrogens is 3. The minimum atomic E-state index is 0.119. The van der Waals surface area contributed by atoms with Gasteiger partial charge in [0.1, 0.15) is 5.82 Å². The van der Waals surface area contributed by atoms with Gasteiger partial charge in [-0.25, -0.2) is 9.97 Å². The summed E-state index contributed by atoms with van der Waals surface area (Å²) in [6.07, 6.45) is 5.38. The van der Waals surface area contributed by atoms with Gasteiger partial charge in [0, 0.05) is 44.0 Å². The summed E-state index contributed by atoms with van der Waals surface area (Å²) in [5.41, 5.74) is 1.85. The summed E-state index contributed by atoms with van der Waals surface area (Å²) in [4.78, 5) is 26.9. The summed E-state index contributed by atoms with van der Waals surface area (Å²) in [6, 6.07) is 5.82. The van der Waals surface area contributed by atoms with Gasteiger partial charge in [-0.2, -0.15) is 0 Å². The van der Waals surface area contributed by atoms with Crippen molar-refractivity contribution in [2.75, 3.05) is 18.4 Å². The average Bonchev–Trinajstić information content (AvgIpc) is 2.55. The number of aryl methyl sites for hydroxylation is 1. The second-order valence-electron chi connectivity index (χ2n) is 5.88. The fourth-order valence-electron chi connectivity index (χ4n) is 2.96. The van der Waals surface area contributed by atoms with Crippen LogP contribution in [-0.4, -0.2) is 38.8 Å². The fraction of sp³-hybridized carbons (Fsp3) is 0.412. The van der Waals surface area contributed by atoms with E-state index in [2.05, 4.69) is 20.3 Å². The minimum Gasteiger partial charge on any atom is -0.342 e. The second-order valence-corrected chi connectivity index (χ2v) is 5.88. The first-order valence-corrected chi connectivity index (χ1v) is 7.90. The summed E-state index contributed by atoms with van der Waals surface area (Å²) in [7, 11) is 0. The Kier molecular flexibility index (Phi) is 4.50. The molecule has 1 aliphatic heterocycles. The van der Waals surface area contributed by atoms with Crippen molar-refractivity contribution in [3.8, 4) is 0 Å². The van der Waals surface area contributed by atoms with Crippen molar-refractivity contribution in [2.45, 2.75) is 32.6 Å². The van der Waals surface area contributed by atoms with E-state index in [4.69, 9.17) is 0 Å². The lowest BCUT2D eigenvalue weighted by atomic mass is 9.94. The van der Waals surface area contributed by atoms with Crippen LogP contribution in [0.3, 0.4) is 0 Å². The maximum atomic E-state index is 11.7. The van der Waals surface area contributed by atoms with Gasteiger partial charge in [-0.3, -0.25) is 9.78 Å². The molecule has 1 atom stereocenters. The monoisotopic (exact) mass is 311 g/mol. The van der Waals surface area contributed by atoms with Crippen molar-refractivity contribution in [3.63, 3.8) is 0 Å².